The molecule has 0 aliphatic heterocycles. The molecule has 4 rings (SSSR count). The zero-order valence-electron chi connectivity index (χ0n) is 17.5. The van der Waals surface area contributed by atoms with Gasteiger partial charge in [-0.3, -0.25) is 13.9 Å². The highest BCUT2D eigenvalue weighted by molar-refractivity contribution is 6.30. The van der Waals surface area contributed by atoms with Gasteiger partial charge < -0.3 is 9.51 Å². The molecular weight excluding hydrogens is 455 g/mol. The lowest BCUT2D eigenvalue weighted by atomic mass is 10.1. The molecule has 0 saturated heterocycles. The molecule has 3 aromatic heterocycles. The number of H-pyrrole nitrogens is 1. The normalized spacial score (nSPS) is 11.5. The van der Waals surface area contributed by atoms with Crippen molar-refractivity contribution in [3.05, 3.63) is 72.7 Å². The van der Waals surface area contributed by atoms with E-state index in [1.807, 2.05) is 31.2 Å². The molecule has 0 unspecified atom stereocenters. The van der Waals surface area contributed by atoms with Crippen molar-refractivity contribution in [2.24, 2.45) is 0 Å². The third-order valence-electron chi connectivity index (χ3n) is 5.13. The van der Waals surface area contributed by atoms with Gasteiger partial charge in [-0.05, 0) is 42.1 Å². The lowest BCUT2D eigenvalue weighted by Gasteiger charge is -2.10. The highest BCUT2D eigenvalue weighted by atomic mass is 35.5. The van der Waals surface area contributed by atoms with E-state index in [9.17, 15) is 9.59 Å². The van der Waals surface area contributed by atoms with Crippen molar-refractivity contribution in [2.75, 3.05) is 0 Å². The van der Waals surface area contributed by atoms with Gasteiger partial charge >= 0.3 is 5.69 Å². The Bertz CT molecular complexity index is 1340. The highest BCUT2D eigenvalue weighted by Gasteiger charge is 2.17. The van der Waals surface area contributed by atoms with E-state index in [1.165, 1.54) is 9.13 Å². The molecule has 0 saturated carbocycles. The Hall–Kier alpha value is -2.91. The molecule has 3 heterocycles. The Balaban J connectivity index is 1.48. The van der Waals surface area contributed by atoms with Crippen LogP contribution >= 0.6 is 23.2 Å². The number of hydrogen-bond acceptors (Lipinski definition) is 6. The highest BCUT2D eigenvalue weighted by Crippen LogP contribution is 2.13. The Kier molecular flexibility index (Phi) is 6.76. The third-order valence-corrected chi connectivity index (χ3v) is 5.56. The number of imidazole rings is 1. The average Bonchev–Trinajstić information content (AvgIpc) is 3.38. The van der Waals surface area contributed by atoms with Crippen LogP contribution < -0.4 is 11.2 Å². The summed E-state index contributed by atoms with van der Waals surface area (Å²) in [5.41, 5.74) is 0.707. The molecule has 0 atom stereocenters. The van der Waals surface area contributed by atoms with Gasteiger partial charge in [0.1, 0.15) is 0 Å². The number of unbranched alkanes of at least 4 members (excludes halogenated alkanes) is 1. The van der Waals surface area contributed by atoms with Gasteiger partial charge in [0, 0.05) is 31.0 Å². The number of halogens is 2. The topological polar surface area (TPSA) is 112 Å². The molecular formula is C21H22Cl2N6O3. The number of hydrogen-bond donors (Lipinski definition) is 1. The van der Waals surface area contributed by atoms with Gasteiger partial charge in [-0.1, -0.05) is 42.2 Å². The number of aromatic nitrogens is 6. The Morgan fingerprint density at radius 2 is 1.78 bits per heavy atom. The van der Waals surface area contributed by atoms with Crippen molar-refractivity contribution in [1.82, 2.24) is 29.2 Å². The summed E-state index contributed by atoms with van der Waals surface area (Å²) in [5.74, 6) is 1.02. The first-order valence-corrected chi connectivity index (χ1v) is 11.2. The van der Waals surface area contributed by atoms with Crippen LogP contribution in [0.3, 0.4) is 0 Å². The summed E-state index contributed by atoms with van der Waals surface area (Å²) in [5, 5.41) is 4.76. The Labute approximate surface area is 193 Å². The van der Waals surface area contributed by atoms with E-state index in [0.29, 0.717) is 48.2 Å². The van der Waals surface area contributed by atoms with E-state index >= 15 is 0 Å². The fraction of sp³-hybridized carbons (Fsp3) is 0.381. The van der Waals surface area contributed by atoms with Crippen LogP contribution in [-0.4, -0.2) is 29.2 Å². The standard InChI is InChI=1S/C21H22Cl2N6O3/c1-2-3-10-28-18-17(25-20(23)26-18)19(30)29(21(28)31)11-4-5-16-24-15(27-32-16)12-13-6-8-14(22)9-7-13/h6-9H,2-5,10-12H2,1H3,(H,25,26). The predicted octanol–water partition coefficient (Wildman–Crippen LogP) is 3.60. The monoisotopic (exact) mass is 476 g/mol. The number of benzene rings is 1. The minimum absolute atomic E-state index is 0.0820. The van der Waals surface area contributed by atoms with Gasteiger partial charge in [-0.15, -0.1) is 0 Å². The molecule has 0 fully saturated rings. The minimum atomic E-state index is -0.439. The molecule has 1 aromatic carbocycles. The van der Waals surface area contributed by atoms with E-state index in [1.54, 1.807) is 0 Å². The predicted molar refractivity (Wildman–Crippen MR) is 121 cm³/mol. The second-order valence-electron chi connectivity index (χ2n) is 7.48. The van der Waals surface area contributed by atoms with Crippen LogP contribution in [0.15, 0.2) is 38.4 Å². The molecule has 0 bridgehead atoms. The first-order chi connectivity index (χ1) is 15.5. The lowest BCUT2D eigenvalue weighted by molar-refractivity contribution is 0.367. The summed E-state index contributed by atoms with van der Waals surface area (Å²) in [6.07, 6.45) is 3.14. The van der Waals surface area contributed by atoms with Crippen LogP contribution in [0.1, 0.15) is 43.5 Å². The summed E-state index contributed by atoms with van der Waals surface area (Å²) < 4.78 is 8.02. The van der Waals surface area contributed by atoms with Crippen LogP contribution in [0.2, 0.25) is 10.3 Å². The van der Waals surface area contributed by atoms with Crippen molar-refractivity contribution < 1.29 is 4.52 Å². The molecule has 0 amide bonds. The summed E-state index contributed by atoms with van der Waals surface area (Å²) in [6.45, 7) is 2.71. The molecule has 1 N–H and O–H groups in total. The maximum Gasteiger partial charge on any atom is 0.332 e. The van der Waals surface area contributed by atoms with E-state index in [-0.39, 0.29) is 17.3 Å². The van der Waals surface area contributed by atoms with Gasteiger partial charge in [-0.2, -0.15) is 9.97 Å². The SMILES string of the molecule is CCCCn1c(=O)n(CCCc2nc(Cc3ccc(Cl)cc3)no2)c(=O)c2[nH]c(Cl)nc21. The zero-order valence-corrected chi connectivity index (χ0v) is 19.0. The molecule has 0 aliphatic rings. The number of nitrogens with zero attached hydrogens (tertiary/aromatic N) is 5. The van der Waals surface area contributed by atoms with Gasteiger partial charge in [0.25, 0.3) is 5.56 Å². The molecule has 32 heavy (non-hydrogen) atoms. The second-order valence-corrected chi connectivity index (χ2v) is 8.28. The van der Waals surface area contributed by atoms with E-state index in [2.05, 4.69) is 20.1 Å². The minimum Gasteiger partial charge on any atom is -0.339 e. The fourth-order valence-electron chi connectivity index (χ4n) is 3.49. The van der Waals surface area contributed by atoms with Crippen molar-refractivity contribution >= 4 is 34.4 Å². The molecule has 0 aliphatic carbocycles. The summed E-state index contributed by atoms with van der Waals surface area (Å²) in [4.78, 5) is 37.1. The van der Waals surface area contributed by atoms with Crippen molar-refractivity contribution in [3.63, 3.8) is 0 Å². The van der Waals surface area contributed by atoms with Crippen molar-refractivity contribution in [1.29, 1.82) is 0 Å². The maximum atomic E-state index is 13.0. The maximum absolute atomic E-state index is 13.0. The molecule has 9 nitrogen and oxygen atoms in total. The lowest BCUT2D eigenvalue weighted by Crippen LogP contribution is -2.40. The number of rotatable bonds is 9. The molecule has 11 heteroatoms. The van der Waals surface area contributed by atoms with Crippen molar-refractivity contribution in [3.8, 4) is 0 Å². The quantitative estimate of drug-likeness (QED) is 0.369. The van der Waals surface area contributed by atoms with Gasteiger partial charge in [0.05, 0.1) is 0 Å². The van der Waals surface area contributed by atoms with Crippen LogP contribution in [0.5, 0.6) is 0 Å². The van der Waals surface area contributed by atoms with Crippen LogP contribution in [-0.2, 0) is 25.9 Å². The molecule has 4 aromatic rings. The Morgan fingerprint density at radius 1 is 1.03 bits per heavy atom. The largest absolute Gasteiger partial charge is 0.339 e. The number of aromatic amines is 1. The number of nitrogens with one attached hydrogen (secondary N) is 1. The van der Waals surface area contributed by atoms with Gasteiger partial charge in [0.15, 0.2) is 17.0 Å². The Morgan fingerprint density at radius 3 is 2.53 bits per heavy atom. The third kappa shape index (κ3) is 4.78. The summed E-state index contributed by atoms with van der Waals surface area (Å²) in [7, 11) is 0. The zero-order chi connectivity index (χ0) is 22.7. The molecule has 168 valence electrons. The smallest absolute Gasteiger partial charge is 0.332 e. The van der Waals surface area contributed by atoms with Crippen LogP contribution in [0, 0.1) is 0 Å². The second kappa shape index (κ2) is 9.70. The van der Waals surface area contributed by atoms with E-state index < -0.39 is 11.2 Å². The molecule has 0 radical (unpaired) electrons. The fourth-order valence-corrected chi connectivity index (χ4v) is 3.79. The number of fused-ring (bicyclic) bond motifs is 1. The van der Waals surface area contributed by atoms with Crippen LogP contribution in [0.25, 0.3) is 11.2 Å². The average molecular weight is 477 g/mol. The first kappa shape index (κ1) is 22.3. The summed E-state index contributed by atoms with van der Waals surface area (Å²) >= 11 is 11.9. The van der Waals surface area contributed by atoms with Gasteiger partial charge in [-0.25, -0.2) is 4.79 Å². The first-order valence-electron chi connectivity index (χ1n) is 10.4. The summed E-state index contributed by atoms with van der Waals surface area (Å²) in [6, 6.07) is 7.44. The van der Waals surface area contributed by atoms with E-state index in [0.717, 1.165) is 18.4 Å². The number of aryl methyl sites for hydroxylation is 2. The van der Waals surface area contributed by atoms with Crippen molar-refractivity contribution in [2.45, 2.75) is 52.1 Å². The van der Waals surface area contributed by atoms with Crippen LogP contribution in [0.4, 0.5) is 0 Å². The van der Waals surface area contributed by atoms with Gasteiger partial charge in [0.2, 0.25) is 11.2 Å². The molecule has 0 spiro atoms. The van der Waals surface area contributed by atoms with E-state index in [4.69, 9.17) is 27.7 Å².